The van der Waals surface area contributed by atoms with Crippen molar-refractivity contribution in [1.82, 2.24) is 15.4 Å². The van der Waals surface area contributed by atoms with Crippen LogP contribution in [0.2, 0.25) is 0 Å². The Morgan fingerprint density at radius 3 is 2.89 bits per heavy atom. The molecule has 3 aliphatic rings. The van der Waals surface area contributed by atoms with Gasteiger partial charge in [-0.25, -0.2) is 15.3 Å². The van der Waals surface area contributed by atoms with Gasteiger partial charge < -0.3 is 9.64 Å². The number of carbonyl (C=O) groups excluding carboxylic acids is 2. The second-order valence-corrected chi connectivity index (χ2v) is 6.77. The van der Waals surface area contributed by atoms with E-state index in [0.717, 1.165) is 11.3 Å². The van der Waals surface area contributed by atoms with E-state index in [-0.39, 0.29) is 18.1 Å². The molecule has 2 unspecified atom stereocenters. The highest BCUT2D eigenvalue weighted by Crippen LogP contribution is 2.28. The van der Waals surface area contributed by atoms with E-state index in [2.05, 4.69) is 10.5 Å². The Labute approximate surface area is 157 Å². The molecular weight excluding hydrogens is 344 g/mol. The average molecular weight is 366 g/mol. The van der Waals surface area contributed by atoms with Crippen LogP contribution in [0.4, 0.5) is 0 Å². The number of likely N-dealkylation sites (tertiary alicyclic amines) is 1. The molecule has 1 N–H and O–H groups in total. The third-order valence-electron chi connectivity index (χ3n) is 5.08. The number of amides is 1. The summed E-state index contributed by atoms with van der Waals surface area (Å²) in [6.45, 7) is 0. The van der Waals surface area contributed by atoms with Gasteiger partial charge in [-0.15, -0.1) is 0 Å². The molecule has 0 saturated carbocycles. The lowest BCUT2D eigenvalue weighted by atomic mass is 10.0. The van der Waals surface area contributed by atoms with E-state index in [0.29, 0.717) is 19.3 Å². The van der Waals surface area contributed by atoms with Crippen LogP contribution in [-0.2, 0) is 20.7 Å². The number of methoxy groups -OCH3 is 1. The fourth-order valence-corrected chi connectivity index (χ4v) is 3.76. The highest BCUT2D eigenvalue weighted by atomic mass is 16.5. The van der Waals surface area contributed by atoms with Gasteiger partial charge in [0.05, 0.1) is 18.9 Å². The molecule has 3 atom stereocenters. The Morgan fingerprint density at radius 1 is 1.33 bits per heavy atom. The molecule has 1 fully saturated rings. The number of hydrogen-bond acceptors (Lipinski definition) is 6. The number of fused-ring (bicyclic) bond motifs is 1. The first kappa shape index (κ1) is 17.5. The van der Waals surface area contributed by atoms with Crippen LogP contribution in [0, 0.1) is 0 Å². The molecule has 27 heavy (non-hydrogen) atoms. The van der Waals surface area contributed by atoms with Gasteiger partial charge in [0.1, 0.15) is 12.2 Å². The average Bonchev–Trinajstić information content (AvgIpc) is 3.29. The maximum Gasteiger partial charge on any atom is 0.329 e. The summed E-state index contributed by atoms with van der Waals surface area (Å²) in [5.41, 5.74) is 5.18. The standard InChI is InChI=1S/C20H22N4O3/c1-27-20(26)17(13-14-7-3-2-4-8-14)23-18(11-12-19(23)25)24-21-15-9-5-6-10-16(15)22-24/h2-10,15,17-18,21H,11-13H2,1H3/t15?,17-,18?/m0/s1. The number of hydrogen-bond donors (Lipinski definition) is 1. The molecule has 0 bridgehead atoms. The minimum absolute atomic E-state index is 0.00162. The molecule has 0 spiro atoms. The molecule has 1 aromatic carbocycles. The number of rotatable bonds is 5. The fourth-order valence-electron chi connectivity index (χ4n) is 3.76. The van der Waals surface area contributed by atoms with Gasteiger partial charge in [-0.3, -0.25) is 4.79 Å². The quantitative estimate of drug-likeness (QED) is 0.797. The molecule has 1 amide bonds. The molecule has 1 aliphatic carbocycles. The molecular formula is C20H22N4O3. The first-order chi connectivity index (χ1) is 13.2. The topological polar surface area (TPSA) is 74.2 Å². The Hall–Kier alpha value is -2.93. The van der Waals surface area contributed by atoms with Gasteiger partial charge >= 0.3 is 5.97 Å². The minimum atomic E-state index is -0.687. The van der Waals surface area contributed by atoms with Crippen molar-refractivity contribution in [3.63, 3.8) is 0 Å². The predicted octanol–water partition coefficient (Wildman–Crippen LogP) is 1.39. The van der Waals surface area contributed by atoms with Crippen molar-refractivity contribution in [3.8, 4) is 0 Å². The smallest absolute Gasteiger partial charge is 0.329 e. The maximum atomic E-state index is 12.7. The third-order valence-corrected chi connectivity index (χ3v) is 5.08. The molecule has 1 saturated heterocycles. The van der Waals surface area contributed by atoms with Crippen LogP contribution in [-0.4, -0.2) is 53.0 Å². The van der Waals surface area contributed by atoms with Crippen molar-refractivity contribution >= 4 is 17.6 Å². The number of hydrazone groups is 1. The number of benzene rings is 1. The van der Waals surface area contributed by atoms with Crippen molar-refractivity contribution in [3.05, 3.63) is 60.2 Å². The molecule has 2 aliphatic heterocycles. The molecule has 4 rings (SSSR count). The molecule has 0 radical (unpaired) electrons. The number of esters is 1. The van der Waals surface area contributed by atoms with Gasteiger partial charge in [-0.1, -0.05) is 48.6 Å². The van der Waals surface area contributed by atoms with E-state index in [1.807, 2.05) is 54.6 Å². The number of nitrogens with zero attached hydrogens (tertiary/aromatic N) is 3. The molecule has 140 valence electrons. The van der Waals surface area contributed by atoms with E-state index >= 15 is 0 Å². The van der Waals surface area contributed by atoms with Gasteiger partial charge in [0, 0.05) is 12.8 Å². The number of carbonyl (C=O) groups is 2. The zero-order valence-corrected chi connectivity index (χ0v) is 15.1. The Morgan fingerprint density at radius 2 is 2.15 bits per heavy atom. The summed E-state index contributed by atoms with van der Waals surface area (Å²) >= 11 is 0. The second-order valence-electron chi connectivity index (χ2n) is 6.77. The number of nitrogens with one attached hydrogen (secondary N) is 1. The summed E-state index contributed by atoms with van der Waals surface area (Å²) in [6.07, 6.45) is 8.92. The van der Waals surface area contributed by atoms with Crippen LogP contribution in [0.1, 0.15) is 18.4 Å². The van der Waals surface area contributed by atoms with Gasteiger partial charge in [-0.05, 0) is 18.1 Å². The zero-order chi connectivity index (χ0) is 18.8. The van der Waals surface area contributed by atoms with E-state index in [1.165, 1.54) is 7.11 Å². The van der Waals surface area contributed by atoms with Crippen molar-refractivity contribution in [2.24, 2.45) is 5.10 Å². The predicted molar refractivity (Wildman–Crippen MR) is 100 cm³/mol. The summed E-state index contributed by atoms with van der Waals surface area (Å²) in [5.74, 6) is -0.475. The van der Waals surface area contributed by atoms with Crippen LogP contribution >= 0.6 is 0 Å². The highest BCUT2D eigenvalue weighted by molar-refractivity contribution is 6.02. The lowest BCUT2D eigenvalue weighted by Crippen LogP contribution is -2.55. The highest BCUT2D eigenvalue weighted by Gasteiger charge is 2.44. The van der Waals surface area contributed by atoms with E-state index in [9.17, 15) is 9.59 Å². The summed E-state index contributed by atoms with van der Waals surface area (Å²) in [6, 6.07) is 8.97. The Kier molecular flexibility index (Phi) is 4.77. The SMILES string of the molecule is COC(=O)[C@H](Cc1ccccc1)N1C(=O)CCC1N1N=C2C=CC=CC2N1. The normalized spacial score (nSPS) is 24.8. The minimum Gasteiger partial charge on any atom is -0.467 e. The third kappa shape index (κ3) is 3.38. The number of allylic oxidation sites excluding steroid dienone is 2. The fraction of sp³-hybridized carbons (Fsp3) is 0.350. The van der Waals surface area contributed by atoms with Crippen molar-refractivity contribution < 1.29 is 14.3 Å². The Balaban J connectivity index is 1.60. The first-order valence-electron chi connectivity index (χ1n) is 9.09. The van der Waals surface area contributed by atoms with Gasteiger partial charge in [0.2, 0.25) is 5.91 Å². The molecule has 2 heterocycles. The largest absolute Gasteiger partial charge is 0.467 e. The van der Waals surface area contributed by atoms with E-state index in [4.69, 9.17) is 4.74 Å². The van der Waals surface area contributed by atoms with E-state index in [1.54, 1.807) is 10.0 Å². The van der Waals surface area contributed by atoms with Crippen LogP contribution < -0.4 is 5.43 Å². The summed E-state index contributed by atoms with van der Waals surface area (Å²) in [4.78, 5) is 26.9. The summed E-state index contributed by atoms with van der Waals surface area (Å²) < 4.78 is 5.02. The molecule has 1 aromatic rings. The Bertz CT molecular complexity index is 818. The summed E-state index contributed by atoms with van der Waals surface area (Å²) in [7, 11) is 1.36. The molecule has 7 nitrogen and oxygen atoms in total. The zero-order valence-electron chi connectivity index (χ0n) is 15.1. The molecule has 0 aromatic heterocycles. The van der Waals surface area contributed by atoms with Crippen LogP contribution in [0.15, 0.2) is 59.7 Å². The van der Waals surface area contributed by atoms with E-state index < -0.39 is 12.0 Å². The van der Waals surface area contributed by atoms with Crippen molar-refractivity contribution in [2.45, 2.75) is 37.5 Å². The second kappa shape index (κ2) is 7.36. The van der Waals surface area contributed by atoms with Gasteiger partial charge in [0.25, 0.3) is 0 Å². The van der Waals surface area contributed by atoms with Crippen LogP contribution in [0.25, 0.3) is 0 Å². The van der Waals surface area contributed by atoms with Crippen molar-refractivity contribution in [2.75, 3.05) is 7.11 Å². The lowest BCUT2D eigenvalue weighted by Gasteiger charge is -2.35. The van der Waals surface area contributed by atoms with Gasteiger partial charge in [0.15, 0.2) is 0 Å². The maximum absolute atomic E-state index is 12.7. The lowest BCUT2D eigenvalue weighted by molar-refractivity contribution is -0.155. The number of hydrazine groups is 1. The van der Waals surface area contributed by atoms with Crippen LogP contribution in [0.5, 0.6) is 0 Å². The monoisotopic (exact) mass is 366 g/mol. The molecule has 7 heteroatoms. The first-order valence-corrected chi connectivity index (χ1v) is 9.09. The van der Waals surface area contributed by atoms with Crippen LogP contribution in [0.3, 0.4) is 0 Å². The van der Waals surface area contributed by atoms with Crippen molar-refractivity contribution in [1.29, 1.82) is 0 Å². The summed E-state index contributed by atoms with van der Waals surface area (Å²) in [5, 5.41) is 6.32. The van der Waals surface area contributed by atoms with Gasteiger partial charge in [-0.2, -0.15) is 5.10 Å². The number of ether oxygens (including phenoxy) is 1.